The first-order valence-corrected chi connectivity index (χ1v) is 9.36. The molecule has 1 aliphatic rings. The molecule has 1 aromatic heterocycles. The molecule has 1 aliphatic heterocycles. The number of carboxylic acid groups (broad SMARTS) is 1. The van der Waals surface area contributed by atoms with Crippen molar-refractivity contribution in [2.75, 3.05) is 0 Å². The first-order chi connectivity index (χ1) is 14.7. The van der Waals surface area contributed by atoms with Crippen molar-refractivity contribution in [2.45, 2.75) is 25.5 Å². The molecule has 0 saturated heterocycles. The second kappa shape index (κ2) is 7.51. The van der Waals surface area contributed by atoms with Gasteiger partial charge >= 0.3 is 5.97 Å². The van der Waals surface area contributed by atoms with Crippen LogP contribution in [0.3, 0.4) is 0 Å². The summed E-state index contributed by atoms with van der Waals surface area (Å²) in [4.78, 5) is 32.0. The summed E-state index contributed by atoms with van der Waals surface area (Å²) in [5.74, 6) is -3.56. The highest BCUT2D eigenvalue weighted by Gasteiger charge is 2.32. The number of rotatable bonds is 5. The quantitative estimate of drug-likeness (QED) is 0.579. The fraction of sp³-hybridized carbons (Fsp3) is 0.182. The van der Waals surface area contributed by atoms with E-state index in [0.717, 1.165) is 12.1 Å². The van der Waals surface area contributed by atoms with Crippen LogP contribution in [0.4, 0.5) is 8.78 Å². The highest BCUT2D eigenvalue weighted by Crippen LogP contribution is 2.28. The van der Waals surface area contributed by atoms with Crippen molar-refractivity contribution in [2.24, 2.45) is 0 Å². The molecule has 4 rings (SSSR count). The summed E-state index contributed by atoms with van der Waals surface area (Å²) in [5, 5.41) is 21.9. The third-order valence-corrected chi connectivity index (χ3v) is 5.19. The number of amides is 1. The molecule has 0 spiro atoms. The van der Waals surface area contributed by atoms with E-state index in [2.05, 4.69) is 15.3 Å². The van der Waals surface area contributed by atoms with Crippen molar-refractivity contribution in [3.05, 3.63) is 82.2 Å². The first kappa shape index (κ1) is 20.5. The molecule has 9 heteroatoms. The summed E-state index contributed by atoms with van der Waals surface area (Å²) in [6, 6.07) is 9.55. The largest absolute Gasteiger partial charge is 0.479 e. The third kappa shape index (κ3) is 3.64. The van der Waals surface area contributed by atoms with Gasteiger partial charge in [-0.1, -0.05) is 30.3 Å². The average Bonchev–Trinajstić information content (AvgIpc) is 3.09. The standard InChI is InChI=1S/C22H17F2N3O4/c1-22(31,21(29)30)12-7-5-11(6-8-12)9-15-18-16(10-25-20(18)28)27-19(26-15)17-13(23)3-2-4-14(17)24/h2-8,31H,9-10H2,1H3,(H,25,28)(H,29,30)/t22-/m1/s1. The van der Waals surface area contributed by atoms with Gasteiger partial charge in [0.1, 0.15) is 11.6 Å². The second-order valence-corrected chi connectivity index (χ2v) is 7.35. The van der Waals surface area contributed by atoms with Crippen LogP contribution in [0, 0.1) is 11.6 Å². The minimum Gasteiger partial charge on any atom is -0.479 e. The average molecular weight is 425 g/mol. The predicted molar refractivity (Wildman–Crippen MR) is 105 cm³/mol. The molecule has 2 heterocycles. The molecule has 3 aromatic rings. The van der Waals surface area contributed by atoms with Crippen LogP contribution in [0.15, 0.2) is 42.5 Å². The molecule has 0 aliphatic carbocycles. The van der Waals surface area contributed by atoms with E-state index < -0.39 is 23.2 Å². The van der Waals surface area contributed by atoms with Crippen molar-refractivity contribution in [3.8, 4) is 11.4 Å². The summed E-state index contributed by atoms with van der Waals surface area (Å²) in [7, 11) is 0. The molecule has 1 atom stereocenters. The van der Waals surface area contributed by atoms with Crippen LogP contribution >= 0.6 is 0 Å². The monoisotopic (exact) mass is 425 g/mol. The van der Waals surface area contributed by atoms with E-state index in [1.807, 2.05) is 0 Å². The molecule has 158 valence electrons. The summed E-state index contributed by atoms with van der Waals surface area (Å²) in [6.07, 6.45) is 0.136. The number of aromatic nitrogens is 2. The van der Waals surface area contributed by atoms with Gasteiger partial charge in [0.2, 0.25) is 0 Å². The smallest absolute Gasteiger partial charge is 0.340 e. The van der Waals surface area contributed by atoms with Gasteiger partial charge in [-0.05, 0) is 30.2 Å². The molecule has 0 fully saturated rings. The summed E-state index contributed by atoms with van der Waals surface area (Å²) >= 11 is 0. The van der Waals surface area contributed by atoms with Crippen LogP contribution < -0.4 is 5.32 Å². The van der Waals surface area contributed by atoms with Gasteiger partial charge in [0, 0.05) is 6.42 Å². The van der Waals surface area contributed by atoms with E-state index in [0.29, 0.717) is 11.3 Å². The molecule has 0 bridgehead atoms. The van der Waals surface area contributed by atoms with Gasteiger partial charge in [0.05, 0.1) is 29.1 Å². The Balaban J connectivity index is 1.76. The number of fused-ring (bicyclic) bond motifs is 1. The minimum absolute atomic E-state index is 0.118. The Hall–Kier alpha value is -3.72. The lowest BCUT2D eigenvalue weighted by molar-refractivity contribution is -0.157. The zero-order valence-electron chi connectivity index (χ0n) is 16.3. The number of hydrogen-bond donors (Lipinski definition) is 3. The number of carbonyl (C=O) groups is 2. The second-order valence-electron chi connectivity index (χ2n) is 7.35. The molecule has 2 aromatic carbocycles. The molecule has 0 saturated carbocycles. The fourth-order valence-corrected chi connectivity index (χ4v) is 3.42. The van der Waals surface area contributed by atoms with Gasteiger partial charge in [-0.25, -0.2) is 23.5 Å². The number of hydrogen-bond acceptors (Lipinski definition) is 5. The van der Waals surface area contributed by atoms with Crippen molar-refractivity contribution in [1.29, 1.82) is 0 Å². The third-order valence-electron chi connectivity index (χ3n) is 5.19. The lowest BCUT2D eigenvalue weighted by Crippen LogP contribution is -2.31. The predicted octanol–water partition coefficient (Wildman–Crippen LogP) is 2.55. The molecular formula is C22H17F2N3O4. The van der Waals surface area contributed by atoms with E-state index in [1.54, 1.807) is 12.1 Å². The molecule has 1 amide bonds. The summed E-state index contributed by atoms with van der Waals surface area (Å²) in [5.41, 5.74) is -0.701. The normalized spacial score (nSPS) is 14.6. The van der Waals surface area contributed by atoms with Crippen LogP contribution in [-0.2, 0) is 23.4 Å². The molecule has 0 radical (unpaired) electrons. The Labute approximate surface area is 175 Å². The molecule has 3 N–H and O–H groups in total. The highest BCUT2D eigenvalue weighted by atomic mass is 19.1. The highest BCUT2D eigenvalue weighted by molar-refractivity contribution is 5.99. The first-order valence-electron chi connectivity index (χ1n) is 9.36. The Morgan fingerprint density at radius 2 is 1.74 bits per heavy atom. The lowest BCUT2D eigenvalue weighted by Gasteiger charge is -2.18. The Bertz CT molecular complexity index is 1190. The molecule has 0 unspecified atom stereocenters. The maximum Gasteiger partial charge on any atom is 0.340 e. The van der Waals surface area contributed by atoms with Gasteiger partial charge in [-0.15, -0.1) is 0 Å². The number of nitrogens with one attached hydrogen (secondary N) is 1. The van der Waals surface area contributed by atoms with Crippen LogP contribution in [0.1, 0.15) is 39.8 Å². The van der Waals surface area contributed by atoms with Gasteiger partial charge in [0.15, 0.2) is 11.4 Å². The van der Waals surface area contributed by atoms with E-state index in [-0.39, 0.29) is 47.1 Å². The van der Waals surface area contributed by atoms with Gasteiger partial charge < -0.3 is 15.5 Å². The number of nitrogens with zero attached hydrogens (tertiary/aromatic N) is 2. The Morgan fingerprint density at radius 1 is 1.10 bits per heavy atom. The maximum atomic E-state index is 14.3. The van der Waals surface area contributed by atoms with E-state index in [9.17, 15) is 23.5 Å². The number of aliphatic hydroxyl groups is 1. The number of benzene rings is 2. The van der Waals surface area contributed by atoms with Crippen LogP contribution in [0.25, 0.3) is 11.4 Å². The van der Waals surface area contributed by atoms with Crippen LogP contribution in [0.2, 0.25) is 0 Å². The van der Waals surface area contributed by atoms with Crippen molar-refractivity contribution >= 4 is 11.9 Å². The van der Waals surface area contributed by atoms with Gasteiger partial charge in [-0.2, -0.15) is 0 Å². The van der Waals surface area contributed by atoms with Gasteiger partial charge in [-0.3, -0.25) is 4.79 Å². The lowest BCUT2D eigenvalue weighted by atomic mass is 9.94. The summed E-state index contributed by atoms with van der Waals surface area (Å²) < 4.78 is 28.5. The number of carboxylic acids is 1. The molecule has 31 heavy (non-hydrogen) atoms. The van der Waals surface area contributed by atoms with E-state index >= 15 is 0 Å². The number of halogens is 2. The number of aliphatic carboxylic acids is 1. The van der Waals surface area contributed by atoms with Crippen molar-refractivity contribution in [1.82, 2.24) is 15.3 Å². The Kier molecular flexibility index (Phi) is 4.98. The molecular weight excluding hydrogens is 408 g/mol. The molecule has 7 nitrogen and oxygen atoms in total. The van der Waals surface area contributed by atoms with Crippen LogP contribution in [-0.4, -0.2) is 32.1 Å². The van der Waals surface area contributed by atoms with E-state index in [4.69, 9.17) is 5.11 Å². The zero-order chi connectivity index (χ0) is 22.3. The van der Waals surface area contributed by atoms with Crippen molar-refractivity contribution < 1.29 is 28.6 Å². The zero-order valence-corrected chi connectivity index (χ0v) is 16.3. The topological polar surface area (TPSA) is 112 Å². The van der Waals surface area contributed by atoms with Crippen molar-refractivity contribution in [3.63, 3.8) is 0 Å². The fourth-order valence-electron chi connectivity index (χ4n) is 3.42. The van der Waals surface area contributed by atoms with Gasteiger partial charge in [0.25, 0.3) is 5.91 Å². The minimum atomic E-state index is -2.05. The summed E-state index contributed by atoms with van der Waals surface area (Å²) in [6.45, 7) is 1.29. The Morgan fingerprint density at radius 3 is 2.35 bits per heavy atom. The van der Waals surface area contributed by atoms with E-state index in [1.165, 1.54) is 25.1 Å². The van der Waals surface area contributed by atoms with Crippen LogP contribution in [0.5, 0.6) is 0 Å². The maximum absolute atomic E-state index is 14.3. The number of carbonyl (C=O) groups excluding carboxylic acids is 1. The SMILES string of the molecule is C[C@](O)(C(=O)O)c1ccc(Cc2nc(-c3c(F)cccc3F)nc3c2C(=O)NC3)cc1.